The Hall–Kier alpha value is -3.48. The summed E-state index contributed by atoms with van der Waals surface area (Å²) in [5, 5.41) is 0. The van der Waals surface area contributed by atoms with E-state index in [2.05, 4.69) is 4.98 Å². The van der Waals surface area contributed by atoms with E-state index in [1.807, 2.05) is 28.8 Å². The van der Waals surface area contributed by atoms with Crippen molar-refractivity contribution in [3.63, 3.8) is 0 Å². The second kappa shape index (κ2) is 6.11. The first-order valence-corrected chi connectivity index (χ1v) is 8.07. The van der Waals surface area contributed by atoms with Crippen LogP contribution in [0.3, 0.4) is 0 Å². The van der Waals surface area contributed by atoms with Gasteiger partial charge in [0.25, 0.3) is 11.8 Å². The molecule has 0 radical (unpaired) electrons. The summed E-state index contributed by atoms with van der Waals surface area (Å²) in [6.45, 7) is 0. The SMILES string of the molecule is COC(=O)[C@@H](Cc1cn2ccccc2n1)N1C(=O)c2ccccc2C1=O. The molecular weight excluding hydrogens is 334 g/mol. The molecule has 130 valence electrons. The molecule has 2 aromatic heterocycles. The van der Waals surface area contributed by atoms with Crippen LogP contribution in [0.4, 0.5) is 0 Å². The minimum absolute atomic E-state index is 0.0832. The van der Waals surface area contributed by atoms with Gasteiger partial charge in [0.2, 0.25) is 0 Å². The molecule has 0 spiro atoms. The van der Waals surface area contributed by atoms with Gasteiger partial charge in [0.05, 0.1) is 23.9 Å². The van der Waals surface area contributed by atoms with Gasteiger partial charge >= 0.3 is 5.97 Å². The van der Waals surface area contributed by atoms with Crippen molar-refractivity contribution in [3.8, 4) is 0 Å². The van der Waals surface area contributed by atoms with Crippen molar-refractivity contribution in [1.82, 2.24) is 14.3 Å². The summed E-state index contributed by atoms with van der Waals surface area (Å²) in [6, 6.07) is 11.0. The highest BCUT2D eigenvalue weighted by Crippen LogP contribution is 2.26. The maximum Gasteiger partial charge on any atom is 0.329 e. The van der Waals surface area contributed by atoms with Crippen molar-refractivity contribution in [2.24, 2.45) is 0 Å². The van der Waals surface area contributed by atoms with E-state index in [1.54, 1.807) is 30.5 Å². The van der Waals surface area contributed by atoms with Crippen LogP contribution in [0, 0.1) is 0 Å². The summed E-state index contributed by atoms with van der Waals surface area (Å²) in [5.41, 5.74) is 1.89. The predicted molar refractivity (Wildman–Crippen MR) is 91.6 cm³/mol. The topological polar surface area (TPSA) is 81.0 Å². The molecular formula is C19H15N3O4. The number of hydrogen-bond donors (Lipinski definition) is 0. The molecule has 0 fully saturated rings. The number of amides is 2. The highest BCUT2D eigenvalue weighted by molar-refractivity contribution is 6.22. The summed E-state index contributed by atoms with van der Waals surface area (Å²) in [6.07, 6.45) is 3.68. The first kappa shape index (κ1) is 16.0. The first-order valence-electron chi connectivity index (χ1n) is 8.07. The number of esters is 1. The standard InChI is InChI=1S/C19H15N3O4/c1-26-19(25)15(10-12-11-21-9-5-4-8-16(21)20-12)22-17(23)13-6-2-3-7-14(13)18(22)24/h2-9,11,15H,10H2,1H3/t15-/m1/s1. The Kier molecular flexibility index (Phi) is 3.76. The zero-order valence-electron chi connectivity index (χ0n) is 14.0. The lowest BCUT2D eigenvalue weighted by Crippen LogP contribution is -2.46. The smallest absolute Gasteiger partial charge is 0.329 e. The third kappa shape index (κ3) is 2.45. The Morgan fingerprint density at radius 3 is 2.35 bits per heavy atom. The van der Waals surface area contributed by atoms with Crippen LogP contribution < -0.4 is 0 Å². The number of ether oxygens (including phenoxy) is 1. The molecule has 1 aromatic carbocycles. The number of fused-ring (bicyclic) bond motifs is 2. The number of pyridine rings is 1. The Bertz CT molecular complexity index is 972. The molecule has 3 heterocycles. The van der Waals surface area contributed by atoms with Crippen molar-refractivity contribution in [2.45, 2.75) is 12.5 Å². The fourth-order valence-corrected chi connectivity index (χ4v) is 3.19. The lowest BCUT2D eigenvalue weighted by molar-refractivity contribution is -0.145. The number of nitrogens with zero attached hydrogens (tertiary/aromatic N) is 3. The zero-order valence-corrected chi connectivity index (χ0v) is 14.0. The number of carbonyl (C=O) groups excluding carboxylic acids is 3. The summed E-state index contributed by atoms with van der Waals surface area (Å²) in [4.78, 5) is 43.2. The van der Waals surface area contributed by atoms with Crippen LogP contribution in [0.25, 0.3) is 5.65 Å². The Morgan fingerprint density at radius 2 is 1.73 bits per heavy atom. The molecule has 1 aliphatic rings. The summed E-state index contributed by atoms with van der Waals surface area (Å²) in [7, 11) is 1.23. The second-order valence-electron chi connectivity index (χ2n) is 5.97. The van der Waals surface area contributed by atoms with E-state index in [9.17, 15) is 14.4 Å². The number of methoxy groups -OCH3 is 1. The molecule has 7 nitrogen and oxygen atoms in total. The maximum atomic E-state index is 12.7. The first-order chi connectivity index (χ1) is 12.6. The number of imidazole rings is 1. The normalized spacial score (nSPS) is 14.6. The fourth-order valence-electron chi connectivity index (χ4n) is 3.19. The lowest BCUT2D eigenvalue weighted by atomic mass is 10.1. The van der Waals surface area contributed by atoms with Crippen LogP contribution in [0.1, 0.15) is 26.4 Å². The molecule has 0 bridgehead atoms. The maximum absolute atomic E-state index is 12.7. The molecule has 2 amide bonds. The quantitative estimate of drug-likeness (QED) is 0.529. The molecule has 4 rings (SSSR count). The highest BCUT2D eigenvalue weighted by Gasteiger charge is 2.43. The Morgan fingerprint density at radius 1 is 1.08 bits per heavy atom. The van der Waals surface area contributed by atoms with E-state index in [-0.39, 0.29) is 6.42 Å². The van der Waals surface area contributed by atoms with Gasteiger partial charge in [-0.05, 0) is 24.3 Å². The van der Waals surface area contributed by atoms with Crippen LogP contribution in [-0.4, -0.2) is 45.2 Å². The van der Waals surface area contributed by atoms with Crippen molar-refractivity contribution >= 4 is 23.4 Å². The van der Waals surface area contributed by atoms with Crippen LogP contribution >= 0.6 is 0 Å². The summed E-state index contributed by atoms with van der Waals surface area (Å²) in [5.74, 6) is -1.65. The van der Waals surface area contributed by atoms with Gasteiger partial charge in [0.15, 0.2) is 0 Å². The minimum Gasteiger partial charge on any atom is -0.467 e. The lowest BCUT2D eigenvalue weighted by Gasteiger charge is -2.23. The van der Waals surface area contributed by atoms with Gasteiger partial charge in [0.1, 0.15) is 11.7 Å². The van der Waals surface area contributed by atoms with E-state index >= 15 is 0 Å². The van der Waals surface area contributed by atoms with Crippen molar-refractivity contribution in [3.05, 3.63) is 71.7 Å². The highest BCUT2D eigenvalue weighted by atomic mass is 16.5. The summed E-state index contributed by atoms with van der Waals surface area (Å²) >= 11 is 0. The number of aromatic nitrogens is 2. The van der Waals surface area contributed by atoms with Gasteiger partial charge < -0.3 is 9.14 Å². The third-order valence-electron chi connectivity index (χ3n) is 4.43. The predicted octanol–water partition coefficient (Wildman–Crippen LogP) is 1.71. The average Bonchev–Trinajstić information content (AvgIpc) is 3.18. The third-order valence-corrected chi connectivity index (χ3v) is 4.43. The zero-order chi connectivity index (χ0) is 18.3. The molecule has 26 heavy (non-hydrogen) atoms. The number of rotatable bonds is 4. The van der Waals surface area contributed by atoms with Crippen LogP contribution in [0.2, 0.25) is 0 Å². The number of benzene rings is 1. The number of hydrogen-bond acceptors (Lipinski definition) is 5. The molecule has 0 unspecified atom stereocenters. The molecule has 1 aliphatic heterocycles. The van der Waals surface area contributed by atoms with E-state index in [0.717, 1.165) is 4.90 Å². The van der Waals surface area contributed by atoms with Crippen molar-refractivity contribution < 1.29 is 19.1 Å². The molecule has 0 saturated heterocycles. The van der Waals surface area contributed by atoms with E-state index < -0.39 is 23.8 Å². The van der Waals surface area contributed by atoms with Gasteiger partial charge in [-0.1, -0.05) is 18.2 Å². The van der Waals surface area contributed by atoms with Gasteiger partial charge in [-0.3, -0.25) is 14.5 Å². The Labute approximate surface area is 148 Å². The fraction of sp³-hybridized carbons (Fsp3) is 0.158. The van der Waals surface area contributed by atoms with Gasteiger partial charge in [-0.15, -0.1) is 0 Å². The summed E-state index contributed by atoms with van der Waals surface area (Å²) < 4.78 is 6.66. The molecule has 1 atom stereocenters. The number of imide groups is 1. The minimum atomic E-state index is -1.07. The number of carbonyl (C=O) groups is 3. The molecule has 7 heteroatoms. The van der Waals surface area contributed by atoms with E-state index in [1.165, 1.54) is 7.11 Å². The van der Waals surface area contributed by atoms with Crippen molar-refractivity contribution in [2.75, 3.05) is 7.11 Å². The average molecular weight is 349 g/mol. The van der Waals surface area contributed by atoms with Gasteiger partial charge in [0, 0.05) is 18.8 Å². The van der Waals surface area contributed by atoms with Gasteiger partial charge in [-0.2, -0.15) is 0 Å². The molecule has 0 saturated carbocycles. The second-order valence-corrected chi connectivity index (χ2v) is 5.97. The van der Waals surface area contributed by atoms with E-state index in [4.69, 9.17) is 4.74 Å². The monoisotopic (exact) mass is 349 g/mol. The van der Waals surface area contributed by atoms with E-state index in [0.29, 0.717) is 22.5 Å². The van der Waals surface area contributed by atoms with Crippen molar-refractivity contribution in [1.29, 1.82) is 0 Å². The van der Waals surface area contributed by atoms with Crippen LogP contribution in [0.5, 0.6) is 0 Å². The molecule has 3 aromatic rings. The van der Waals surface area contributed by atoms with Gasteiger partial charge in [-0.25, -0.2) is 9.78 Å². The van der Waals surface area contributed by atoms with Crippen LogP contribution in [0.15, 0.2) is 54.9 Å². The molecule has 0 N–H and O–H groups in total. The molecule has 0 aliphatic carbocycles. The largest absolute Gasteiger partial charge is 0.467 e. The van der Waals surface area contributed by atoms with Crippen LogP contribution in [-0.2, 0) is 16.0 Å². The Balaban J connectivity index is 1.71.